The molecular weight excluding hydrogens is 400 g/mol. The zero-order valence-electron chi connectivity index (χ0n) is 17.5. The van der Waals surface area contributed by atoms with Crippen LogP contribution in [0.1, 0.15) is 22.3 Å². The van der Waals surface area contributed by atoms with Gasteiger partial charge in [-0.1, -0.05) is 17.7 Å². The molecule has 3 rings (SSSR count). The van der Waals surface area contributed by atoms with Crippen LogP contribution in [0, 0.1) is 27.7 Å². The summed E-state index contributed by atoms with van der Waals surface area (Å²) >= 11 is 0. The van der Waals surface area contributed by atoms with Crippen LogP contribution in [-0.4, -0.2) is 36.7 Å². The number of nitrogens with one attached hydrogen (secondary N) is 3. The number of aromatic nitrogens is 3. The number of rotatable bonds is 8. The summed E-state index contributed by atoms with van der Waals surface area (Å²) in [6.07, 6.45) is 1.72. The normalized spacial score (nSPS) is 11.3. The highest BCUT2D eigenvalue weighted by atomic mass is 32.2. The summed E-state index contributed by atoms with van der Waals surface area (Å²) in [7, 11) is -3.58. The minimum Gasteiger partial charge on any atom is -0.367 e. The van der Waals surface area contributed by atoms with Crippen LogP contribution in [-0.2, 0) is 10.0 Å². The van der Waals surface area contributed by atoms with Gasteiger partial charge in [-0.3, -0.25) is 0 Å². The fourth-order valence-electron chi connectivity index (χ4n) is 3.27. The van der Waals surface area contributed by atoms with E-state index in [0.717, 1.165) is 22.3 Å². The van der Waals surface area contributed by atoms with E-state index in [2.05, 4.69) is 30.5 Å². The molecule has 0 saturated carbocycles. The second-order valence-corrected chi connectivity index (χ2v) is 8.90. The summed E-state index contributed by atoms with van der Waals surface area (Å²) in [5, 5.41) is 14.4. The number of sulfonamides is 1. The first-order chi connectivity index (χ1) is 14.2. The molecule has 158 valence electrons. The number of nitrogens with zero attached hydrogens (tertiary/aromatic N) is 3. The van der Waals surface area contributed by atoms with Gasteiger partial charge in [-0.15, -0.1) is 10.2 Å². The predicted molar refractivity (Wildman–Crippen MR) is 119 cm³/mol. The molecule has 8 nitrogen and oxygen atoms in total. The van der Waals surface area contributed by atoms with E-state index >= 15 is 0 Å². The van der Waals surface area contributed by atoms with Crippen LogP contribution < -0.4 is 15.4 Å². The first-order valence-electron chi connectivity index (χ1n) is 9.59. The van der Waals surface area contributed by atoms with Crippen molar-refractivity contribution in [3.8, 4) is 0 Å². The van der Waals surface area contributed by atoms with Crippen molar-refractivity contribution in [2.45, 2.75) is 32.6 Å². The van der Waals surface area contributed by atoms with Crippen molar-refractivity contribution in [2.75, 3.05) is 23.7 Å². The third-order valence-corrected chi connectivity index (χ3v) is 6.20. The molecule has 0 fully saturated rings. The van der Waals surface area contributed by atoms with Crippen molar-refractivity contribution in [3.05, 3.63) is 64.8 Å². The van der Waals surface area contributed by atoms with E-state index in [1.807, 2.05) is 52.0 Å². The first-order valence-corrected chi connectivity index (χ1v) is 11.1. The van der Waals surface area contributed by atoms with E-state index in [4.69, 9.17) is 0 Å². The lowest BCUT2D eigenvalue weighted by Gasteiger charge is -2.13. The minimum absolute atomic E-state index is 0.226. The Hall–Kier alpha value is -3.04. The van der Waals surface area contributed by atoms with Gasteiger partial charge in [0.15, 0.2) is 5.82 Å². The minimum atomic E-state index is -3.58. The zero-order valence-corrected chi connectivity index (χ0v) is 18.3. The van der Waals surface area contributed by atoms with Crippen molar-refractivity contribution < 1.29 is 8.42 Å². The van der Waals surface area contributed by atoms with Crippen LogP contribution in [0.3, 0.4) is 0 Å². The van der Waals surface area contributed by atoms with Crippen LogP contribution in [0.5, 0.6) is 0 Å². The van der Waals surface area contributed by atoms with E-state index in [1.54, 1.807) is 18.3 Å². The molecule has 0 amide bonds. The molecule has 0 bridgehead atoms. The van der Waals surface area contributed by atoms with Gasteiger partial charge in [0.25, 0.3) is 0 Å². The lowest BCUT2D eigenvalue weighted by Crippen LogP contribution is -2.30. The third kappa shape index (κ3) is 5.52. The van der Waals surface area contributed by atoms with Crippen LogP contribution >= 0.6 is 0 Å². The van der Waals surface area contributed by atoms with E-state index in [0.29, 0.717) is 28.9 Å². The van der Waals surface area contributed by atoms with Crippen LogP contribution in [0.15, 0.2) is 47.5 Å². The van der Waals surface area contributed by atoms with Gasteiger partial charge >= 0.3 is 0 Å². The summed E-state index contributed by atoms with van der Waals surface area (Å²) in [4.78, 5) is 4.56. The third-order valence-electron chi connectivity index (χ3n) is 4.43. The number of benzene rings is 1. The van der Waals surface area contributed by atoms with Gasteiger partial charge in [0.05, 0.1) is 4.90 Å². The van der Waals surface area contributed by atoms with Gasteiger partial charge in [0.2, 0.25) is 10.0 Å². The van der Waals surface area contributed by atoms with Crippen molar-refractivity contribution in [1.29, 1.82) is 0 Å². The van der Waals surface area contributed by atoms with Crippen LogP contribution in [0.2, 0.25) is 0 Å². The average molecular weight is 427 g/mol. The molecule has 3 N–H and O–H groups in total. The highest BCUT2D eigenvalue weighted by Gasteiger charge is 2.19. The molecular formula is C21H26N6O2S. The number of hydrogen-bond donors (Lipinski definition) is 3. The first kappa shape index (κ1) is 21.7. The average Bonchev–Trinajstić information content (AvgIpc) is 2.65. The SMILES string of the molecule is Cc1ccnc(Nc2ccc(NCCNS(=O)(=O)c3c(C)cc(C)cc3C)nn2)c1. The maximum Gasteiger partial charge on any atom is 0.241 e. The predicted octanol–water partition coefficient (Wildman–Crippen LogP) is 3.24. The van der Waals surface area contributed by atoms with Crippen LogP contribution in [0.25, 0.3) is 0 Å². The Labute approximate surface area is 177 Å². The largest absolute Gasteiger partial charge is 0.367 e. The molecule has 0 aliphatic heterocycles. The molecule has 30 heavy (non-hydrogen) atoms. The Morgan fingerprint density at radius 3 is 2.10 bits per heavy atom. The summed E-state index contributed by atoms with van der Waals surface area (Å²) in [6.45, 7) is 8.16. The molecule has 2 aromatic heterocycles. The van der Waals surface area contributed by atoms with Crippen molar-refractivity contribution in [2.24, 2.45) is 0 Å². The summed E-state index contributed by atoms with van der Waals surface area (Å²) in [5.74, 6) is 1.82. The van der Waals surface area contributed by atoms with Gasteiger partial charge in [-0.2, -0.15) is 0 Å². The lowest BCUT2D eigenvalue weighted by atomic mass is 10.1. The van der Waals surface area contributed by atoms with E-state index < -0.39 is 10.0 Å². The van der Waals surface area contributed by atoms with Crippen molar-refractivity contribution in [1.82, 2.24) is 19.9 Å². The number of anilines is 3. The molecule has 0 unspecified atom stereocenters. The molecule has 0 saturated heterocycles. The van der Waals surface area contributed by atoms with Gasteiger partial charge < -0.3 is 10.6 Å². The van der Waals surface area contributed by atoms with E-state index in [1.165, 1.54) is 0 Å². The van der Waals surface area contributed by atoms with E-state index in [-0.39, 0.29) is 6.54 Å². The topological polar surface area (TPSA) is 109 Å². The fourth-order valence-corrected chi connectivity index (χ4v) is 4.75. The quantitative estimate of drug-likeness (QED) is 0.475. The molecule has 0 aliphatic carbocycles. The molecule has 0 atom stereocenters. The molecule has 0 aliphatic rings. The standard InChI is InChI=1S/C21H26N6O2S/c1-14-7-8-22-20(13-14)25-19-6-5-18(26-27-19)23-9-10-24-30(28,29)21-16(3)11-15(2)12-17(21)4/h5-8,11-13,24H,9-10H2,1-4H3,(H,23,26)(H,22,25,27). The Morgan fingerprint density at radius 2 is 1.47 bits per heavy atom. The summed E-state index contributed by atoms with van der Waals surface area (Å²) in [5.41, 5.74) is 3.62. The van der Waals surface area contributed by atoms with Crippen molar-refractivity contribution in [3.63, 3.8) is 0 Å². The van der Waals surface area contributed by atoms with Gasteiger partial charge in [0.1, 0.15) is 11.6 Å². The van der Waals surface area contributed by atoms with Crippen LogP contribution in [0.4, 0.5) is 17.5 Å². The smallest absolute Gasteiger partial charge is 0.241 e. The number of pyridine rings is 1. The second-order valence-electron chi connectivity index (χ2n) is 7.20. The monoisotopic (exact) mass is 426 g/mol. The van der Waals surface area contributed by atoms with Crippen molar-refractivity contribution >= 4 is 27.5 Å². The summed E-state index contributed by atoms with van der Waals surface area (Å²) in [6, 6.07) is 11.1. The Bertz CT molecular complexity index is 1110. The molecule has 0 spiro atoms. The van der Waals surface area contributed by atoms with Gasteiger partial charge in [-0.05, 0) is 68.7 Å². The molecule has 0 radical (unpaired) electrons. The Morgan fingerprint density at radius 1 is 0.800 bits per heavy atom. The molecule has 9 heteroatoms. The van der Waals surface area contributed by atoms with Gasteiger partial charge in [0, 0.05) is 19.3 Å². The Kier molecular flexibility index (Phi) is 6.63. The highest BCUT2D eigenvalue weighted by Crippen LogP contribution is 2.21. The lowest BCUT2D eigenvalue weighted by molar-refractivity contribution is 0.581. The molecule has 2 heterocycles. The Balaban J connectivity index is 1.53. The maximum absolute atomic E-state index is 12.7. The maximum atomic E-state index is 12.7. The van der Waals surface area contributed by atoms with Gasteiger partial charge in [-0.25, -0.2) is 18.1 Å². The second kappa shape index (κ2) is 9.19. The fraction of sp³-hybridized carbons (Fsp3) is 0.286. The number of hydrogen-bond acceptors (Lipinski definition) is 7. The number of aryl methyl sites for hydroxylation is 4. The van der Waals surface area contributed by atoms with E-state index in [9.17, 15) is 8.42 Å². The zero-order chi connectivity index (χ0) is 21.7. The summed E-state index contributed by atoms with van der Waals surface area (Å²) < 4.78 is 28.0. The molecule has 3 aromatic rings. The molecule has 1 aromatic carbocycles. The highest BCUT2D eigenvalue weighted by molar-refractivity contribution is 7.89.